The molecule has 140 valence electrons. The van der Waals surface area contributed by atoms with Crippen LogP contribution >= 0.6 is 0 Å². The van der Waals surface area contributed by atoms with Gasteiger partial charge in [0, 0.05) is 6.07 Å². The summed E-state index contributed by atoms with van der Waals surface area (Å²) in [7, 11) is 0. The largest absolute Gasteiger partial charge is 0.377 e. The van der Waals surface area contributed by atoms with E-state index >= 15 is 0 Å². The summed E-state index contributed by atoms with van der Waals surface area (Å²) in [6.07, 6.45) is 3.44. The van der Waals surface area contributed by atoms with E-state index in [4.69, 9.17) is 0 Å². The maximum absolute atomic E-state index is 14.9. The monoisotopic (exact) mass is 359 g/mol. The van der Waals surface area contributed by atoms with Gasteiger partial charge in [0.15, 0.2) is 5.60 Å². The van der Waals surface area contributed by atoms with Crippen molar-refractivity contribution in [1.29, 1.82) is 0 Å². The first-order chi connectivity index (χ1) is 12.2. The molecular formula is C21H28FN2O2+. The van der Waals surface area contributed by atoms with Crippen LogP contribution < -0.4 is 5.56 Å². The summed E-state index contributed by atoms with van der Waals surface area (Å²) in [5, 5.41) is 12.5. The summed E-state index contributed by atoms with van der Waals surface area (Å²) in [5.41, 5.74) is -0.729. The molecule has 2 aliphatic heterocycles. The number of nitrogens with zero attached hydrogens (tertiary/aromatic N) is 2. The van der Waals surface area contributed by atoms with E-state index < -0.39 is 11.4 Å². The van der Waals surface area contributed by atoms with Crippen molar-refractivity contribution in [2.75, 3.05) is 19.6 Å². The van der Waals surface area contributed by atoms with Gasteiger partial charge in [-0.3, -0.25) is 4.79 Å². The molecule has 0 saturated carbocycles. The number of pyridine rings is 1. The minimum atomic E-state index is -1.36. The molecule has 4 rings (SSSR count). The van der Waals surface area contributed by atoms with Gasteiger partial charge in [-0.1, -0.05) is 0 Å². The zero-order valence-electron chi connectivity index (χ0n) is 15.9. The van der Waals surface area contributed by atoms with E-state index in [9.17, 15) is 14.3 Å². The highest BCUT2D eigenvalue weighted by atomic mass is 19.1. The van der Waals surface area contributed by atoms with E-state index in [0.29, 0.717) is 17.6 Å². The van der Waals surface area contributed by atoms with Gasteiger partial charge < -0.3 is 14.2 Å². The molecule has 0 radical (unpaired) electrons. The van der Waals surface area contributed by atoms with Gasteiger partial charge in [-0.25, -0.2) is 4.39 Å². The van der Waals surface area contributed by atoms with Crippen LogP contribution in [0.2, 0.25) is 0 Å². The normalized spacial score (nSPS) is 25.0. The number of quaternary nitrogens is 1. The molecule has 1 aromatic heterocycles. The van der Waals surface area contributed by atoms with E-state index in [2.05, 4.69) is 20.8 Å². The molecule has 4 nitrogen and oxygen atoms in total. The first-order valence-electron chi connectivity index (χ1n) is 9.58. The van der Waals surface area contributed by atoms with E-state index in [1.807, 2.05) is 0 Å². The highest BCUT2D eigenvalue weighted by Crippen LogP contribution is 2.42. The molecule has 1 aromatic carbocycles. The third-order valence-corrected chi connectivity index (χ3v) is 6.64. The van der Waals surface area contributed by atoms with Gasteiger partial charge in [0.25, 0.3) is 5.56 Å². The Morgan fingerprint density at radius 3 is 2.46 bits per heavy atom. The lowest BCUT2D eigenvalue weighted by molar-refractivity contribution is -0.980. The van der Waals surface area contributed by atoms with Gasteiger partial charge in [-0.15, -0.1) is 0 Å². The summed E-state index contributed by atoms with van der Waals surface area (Å²) in [6.45, 7) is 9.14. The summed E-state index contributed by atoms with van der Waals surface area (Å²) < 4.78 is 17.2. The predicted molar refractivity (Wildman–Crippen MR) is 101 cm³/mol. The van der Waals surface area contributed by atoms with Crippen LogP contribution in [0.25, 0.3) is 10.9 Å². The zero-order valence-corrected chi connectivity index (χ0v) is 15.9. The van der Waals surface area contributed by atoms with Crippen LogP contribution in [0, 0.1) is 5.82 Å². The molecule has 1 saturated heterocycles. The van der Waals surface area contributed by atoms with Crippen LogP contribution in [0.15, 0.2) is 29.1 Å². The number of benzene rings is 1. The summed E-state index contributed by atoms with van der Waals surface area (Å²) in [5.74, 6) is -0.416. The number of aliphatic hydroxyl groups is 1. The van der Waals surface area contributed by atoms with Gasteiger partial charge in [0.2, 0.25) is 0 Å². The molecule has 0 spiro atoms. The maximum Gasteiger partial charge on any atom is 0.251 e. The minimum Gasteiger partial charge on any atom is -0.377 e. The van der Waals surface area contributed by atoms with Crippen LogP contribution in [-0.4, -0.2) is 39.3 Å². The molecule has 2 aliphatic rings. The van der Waals surface area contributed by atoms with E-state index in [1.165, 1.54) is 18.6 Å². The lowest BCUT2D eigenvalue weighted by Gasteiger charge is -2.53. The van der Waals surface area contributed by atoms with Crippen molar-refractivity contribution in [2.45, 2.75) is 57.7 Å². The third kappa shape index (κ3) is 2.44. The first kappa shape index (κ1) is 17.7. The third-order valence-electron chi connectivity index (χ3n) is 6.64. The van der Waals surface area contributed by atoms with Crippen molar-refractivity contribution in [1.82, 2.24) is 4.57 Å². The van der Waals surface area contributed by atoms with Crippen molar-refractivity contribution < 1.29 is 14.0 Å². The van der Waals surface area contributed by atoms with Crippen molar-refractivity contribution in [3.63, 3.8) is 0 Å². The van der Waals surface area contributed by atoms with Crippen LogP contribution in [0.4, 0.5) is 4.39 Å². The van der Waals surface area contributed by atoms with Crippen molar-refractivity contribution in [3.05, 3.63) is 46.0 Å². The zero-order chi connectivity index (χ0) is 18.7. The highest BCUT2D eigenvalue weighted by molar-refractivity contribution is 5.84. The number of hydrogen-bond donors (Lipinski definition) is 1. The van der Waals surface area contributed by atoms with E-state index in [0.717, 1.165) is 35.8 Å². The molecule has 1 unspecified atom stereocenters. The van der Waals surface area contributed by atoms with Gasteiger partial charge >= 0.3 is 0 Å². The van der Waals surface area contributed by atoms with Gasteiger partial charge in [-0.05, 0) is 63.6 Å². The Labute approximate surface area is 153 Å². The fourth-order valence-electron chi connectivity index (χ4n) is 5.12. The van der Waals surface area contributed by atoms with Crippen LogP contribution in [0.1, 0.15) is 45.6 Å². The number of likely N-dealkylation sites (tertiary alicyclic amines) is 1. The Morgan fingerprint density at radius 2 is 1.81 bits per heavy atom. The topological polar surface area (TPSA) is 42.2 Å². The number of rotatable bonds is 2. The smallest absolute Gasteiger partial charge is 0.251 e. The summed E-state index contributed by atoms with van der Waals surface area (Å²) >= 11 is 0. The Bertz CT molecular complexity index is 922. The molecule has 3 heterocycles. The SMILES string of the molecule is CC(C)(C)[N+]1(CC2(O)Cn3c(=O)ccc4ccc(F)c2c43)CCCCC1. The standard InChI is InChI=1S/C21H28FN2O2/c1-20(2,3)24(11-5-4-6-12-24)14-21(26)13-23-17(25)10-8-15-7-9-16(22)18(21)19(15)23/h7-10,26H,4-6,11-14H2,1-3H3/q+1. The van der Waals surface area contributed by atoms with Gasteiger partial charge in [-0.2, -0.15) is 0 Å². The molecule has 26 heavy (non-hydrogen) atoms. The lowest BCUT2D eigenvalue weighted by Crippen LogP contribution is -2.66. The lowest BCUT2D eigenvalue weighted by atomic mass is 9.87. The molecule has 1 N–H and O–H groups in total. The Balaban J connectivity index is 1.87. The highest BCUT2D eigenvalue weighted by Gasteiger charge is 2.52. The molecule has 2 aromatic rings. The maximum atomic E-state index is 14.9. The first-order valence-corrected chi connectivity index (χ1v) is 9.58. The summed E-state index contributed by atoms with van der Waals surface area (Å²) in [4.78, 5) is 12.4. The quantitative estimate of drug-likeness (QED) is 0.837. The van der Waals surface area contributed by atoms with E-state index in [1.54, 1.807) is 16.7 Å². The van der Waals surface area contributed by atoms with Crippen LogP contribution in [0.3, 0.4) is 0 Å². The number of halogens is 1. The number of hydrogen-bond acceptors (Lipinski definition) is 2. The Kier molecular flexibility index (Phi) is 3.83. The molecular weight excluding hydrogens is 331 g/mol. The van der Waals surface area contributed by atoms with Crippen LogP contribution in [-0.2, 0) is 12.1 Å². The number of aromatic nitrogens is 1. The molecule has 0 bridgehead atoms. The van der Waals surface area contributed by atoms with Crippen molar-refractivity contribution in [2.24, 2.45) is 0 Å². The molecule has 0 amide bonds. The van der Waals surface area contributed by atoms with Gasteiger partial charge in [0.05, 0.1) is 36.3 Å². The van der Waals surface area contributed by atoms with Crippen molar-refractivity contribution in [3.8, 4) is 0 Å². The second kappa shape index (κ2) is 5.64. The van der Waals surface area contributed by atoms with E-state index in [-0.39, 0.29) is 17.6 Å². The molecule has 5 heteroatoms. The van der Waals surface area contributed by atoms with Gasteiger partial charge in [0.1, 0.15) is 12.4 Å². The Hall–Kier alpha value is -1.72. The summed E-state index contributed by atoms with van der Waals surface area (Å²) in [6, 6.07) is 6.33. The second-order valence-corrected chi connectivity index (χ2v) is 9.13. The number of piperidine rings is 1. The average Bonchev–Trinajstić information content (AvgIpc) is 2.88. The molecule has 0 aliphatic carbocycles. The fraction of sp³-hybridized carbons (Fsp3) is 0.571. The van der Waals surface area contributed by atoms with Crippen LogP contribution in [0.5, 0.6) is 0 Å². The minimum absolute atomic E-state index is 0.0553. The van der Waals surface area contributed by atoms with Crippen molar-refractivity contribution >= 4 is 10.9 Å². The second-order valence-electron chi connectivity index (χ2n) is 9.13. The Morgan fingerprint density at radius 1 is 1.15 bits per heavy atom. The average molecular weight is 359 g/mol. The molecule has 1 atom stereocenters. The fourth-order valence-corrected chi connectivity index (χ4v) is 5.12. The predicted octanol–water partition coefficient (Wildman–Crippen LogP) is 3.14. The molecule has 1 fully saturated rings.